The number of benzene rings is 1. The van der Waals surface area contributed by atoms with E-state index in [1.807, 2.05) is 12.1 Å². The number of nitrogens with two attached hydrogens (primary N) is 1. The Hall–Kier alpha value is -1.02. The Bertz CT molecular complexity index is 352. The van der Waals surface area contributed by atoms with Crippen LogP contribution < -0.4 is 5.73 Å². The molecule has 18 heavy (non-hydrogen) atoms. The Balaban J connectivity index is 1.74. The molecule has 0 radical (unpaired) electrons. The highest BCUT2D eigenvalue weighted by Crippen LogP contribution is 2.27. The predicted molar refractivity (Wildman–Crippen MR) is 78.6 cm³/mol. The lowest BCUT2D eigenvalue weighted by atomic mass is 10.1. The average Bonchev–Trinajstić information content (AvgIpc) is 3.14. The molecule has 0 unspecified atom stereocenters. The van der Waals surface area contributed by atoms with Crippen molar-refractivity contribution in [3.05, 3.63) is 29.8 Å². The number of hydrogen-bond acceptors (Lipinski definition) is 2. The number of hydrogen-bond donors (Lipinski definition) is 1. The van der Waals surface area contributed by atoms with Crippen LogP contribution in [0.25, 0.3) is 0 Å². The van der Waals surface area contributed by atoms with Crippen molar-refractivity contribution in [2.45, 2.75) is 45.6 Å². The molecule has 0 aromatic heterocycles. The van der Waals surface area contributed by atoms with Gasteiger partial charge in [-0.3, -0.25) is 0 Å². The lowest BCUT2D eigenvalue weighted by Crippen LogP contribution is -2.31. The highest BCUT2D eigenvalue weighted by atomic mass is 15.2. The Morgan fingerprint density at radius 2 is 1.89 bits per heavy atom. The molecule has 0 saturated heterocycles. The van der Waals surface area contributed by atoms with Gasteiger partial charge in [-0.2, -0.15) is 0 Å². The predicted octanol–water partition coefficient (Wildman–Crippen LogP) is 3.32. The molecule has 1 aromatic carbocycles. The van der Waals surface area contributed by atoms with Gasteiger partial charge in [-0.15, -0.1) is 0 Å². The minimum Gasteiger partial charge on any atom is -0.399 e. The second-order valence-corrected chi connectivity index (χ2v) is 5.97. The topological polar surface area (TPSA) is 29.3 Å². The van der Waals surface area contributed by atoms with Crippen molar-refractivity contribution >= 4 is 5.69 Å². The van der Waals surface area contributed by atoms with Crippen LogP contribution in [0.15, 0.2) is 24.3 Å². The molecular formula is C16H26N2. The van der Waals surface area contributed by atoms with Crippen LogP contribution in [-0.4, -0.2) is 24.0 Å². The van der Waals surface area contributed by atoms with Crippen molar-refractivity contribution in [2.75, 3.05) is 18.8 Å². The molecule has 0 aliphatic heterocycles. The molecule has 1 aliphatic carbocycles. The second-order valence-electron chi connectivity index (χ2n) is 5.97. The highest BCUT2D eigenvalue weighted by Gasteiger charge is 2.28. The fourth-order valence-electron chi connectivity index (χ4n) is 2.50. The van der Waals surface area contributed by atoms with Gasteiger partial charge in [0.25, 0.3) is 0 Å². The van der Waals surface area contributed by atoms with E-state index < -0.39 is 0 Å². The van der Waals surface area contributed by atoms with Crippen LogP contribution in [0, 0.1) is 5.92 Å². The molecule has 1 aromatic rings. The van der Waals surface area contributed by atoms with E-state index >= 15 is 0 Å². The summed E-state index contributed by atoms with van der Waals surface area (Å²) in [6.07, 6.45) is 5.25. The molecule has 0 atom stereocenters. The van der Waals surface area contributed by atoms with Crippen LogP contribution in [0.5, 0.6) is 0 Å². The van der Waals surface area contributed by atoms with E-state index in [9.17, 15) is 0 Å². The first-order valence-corrected chi connectivity index (χ1v) is 7.23. The number of aryl methyl sites for hydroxylation is 1. The third-order valence-electron chi connectivity index (χ3n) is 3.55. The zero-order chi connectivity index (χ0) is 13.0. The van der Waals surface area contributed by atoms with E-state index in [2.05, 4.69) is 30.9 Å². The van der Waals surface area contributed by atoms with Crippen molar-refractivity contribution in [3.8, 4) is 0 Å². The van der Waals surface area contributed by atoms with Gasteiger partial charge in [0, 0.05) is 18.3 Å². The van der Waals surface area contributed by atoms with Gasteiger partial charge in [-0.25, -0.2) is 0 Å². The van der Waals surface area contributed by atoms with Gasteiger partial charge in [-0.1, -0.05) is 26.0 Å². The number of nitrogens with zero attached hydrogens (tertiary/aromatic N) is 1. The zero-order valence-electron chi connectivity index (χ0n) is 11.7. The Morgan fingerprint density at radius 3 is 2.44 bits per heavy atom. The fourth-order valence-corrected chi connectivity index (χ4v) is 2.50. The molecule has 0 heterocycles. The van der Waals surface area contributed by atoms with Crippen molar-refractivity contribution in [3.63, 3.8) is 0 Å². The monoisotopic (exact) mass is 246 g/mol. The maximum absolute atomic E-state index is 5.70. The fraction of sp³-hybridized carbons (Fsp3) is 0.625. The first-order valence-electron chi connectivity index (χ1n) is 7.23. The molecule has 0 amide bonds. The van der Waals surface area contributed by atoms with Crippen LogP contribution in [0.4, 0.5) is 5.69 Å². The molecule has 0 bridgehead atoms. The summed E-state index contributed by atoms with van der Waals surface area (Å²) in [6, 6.07) is 9.20. The largest absolute Gasteiger partial charge is 0.399 e. The summed E-state index contributed by atoms with van der Waals surface area (Å²) in [4.78, 5) is 2.68. The number of anilines is 1. The van der Waals surface area contributed by atoms with Gasteiger partial charge in [0.05, 0.1) is 0 Å². The molecule has 1 saturated carbocycles. The summed E-state index contributed by atoms with van der Waals surface area (Å²) in [5.41, 5.74) is 7.96. The summed E-state index contributed by atoms with van der Waals surface area (Å²) in [7, 11) is 0. The van der Waals surface area contributed by atoms with Crippen LogP contribution in [0.3, 0.4) is 0 Å². The molecule has 0 spiro atoms. The minimum atomic E-state index is 0.780. The van der Waals surface area contributed by atoms with Gasteiger partial charge >= 0.3 is 0 Å². The summed E-state index contributed by atoms with van der Waals surface area (Å²) in [6.45, 7) is 7.13. The smallest absolute Gasteiger partial charge is 0.0314 e. The van der Waals surface area contributed by atoms with Crippen LogP contribution in [-0.2, 0) is 6.42 Å². The average molecular weight is 246 g/mol. The van der Waals surface area contributed by atoms with E-state index in [0.29, 0.717) is 0 Å². The molecule has 1 fully saturated rings. The van der Waals surface area contributed by atoms with Gasteiger partial charge < -0.3 is 10.6 Å². The van der Waals surface area contributed by atoms with Crippen molar-refractivity contribution in [1.29, 1.82) is 0 Å². The summed E-state index contributed by atoms with van der Waals surface area (Å²) in [5.74, 6) is 0.780. The molecule has 100 valence electrons. The Morgan fingerprint density at radius 1 is 1.22 bits per heavy atom. The molecule has 2 heteroatoms. The highest BCUT2D eigenvalue weighted by molar-refractivity contribution is 5.39. The van der Waals surface area contributed by atoms with Crippen molar-refractivity contribution < 1.29 is 0 Å². The molecule has 2 N–H and O–H groups in total. The summed E-state index contributed by atoms with van der Waals surface area (Å²) >= 11 is 0. The SMILES string of the molecule is CC(C)CN(CCCc1ccc(N)cc1)C1CC1. The van der Waals surface area contributed by atoms with Gasteiger partial charge in [0.2, 0.25) is 0 Å². The maximum Gasteiger partial charge on any atom is 0.0314 e. The molecule has 2 rings (SSSR count). The van der Waals surface area contributed by atoms with Gasteiger partial charge in [-0.05, 0) is 55.8 Å². The first kappa shape index (κ1) is 13.4. The first-order chi connectivity index (χ1) is 8.65. The van der Waals surface area contributed by atoms with E-state index in [-0.39, 0.29) is 0 Å². The van der Waals surface area contributed by atoms with Crippen LogP contribution in [0.1, 0.15) is 38.7 Å². The molecule has 1 aliphatic rings. The normalized spacial score (nSPS) is 15.6. The maximum atomic E-state index is 5.70. The van der Waals surface area contributed by atoms with E-state index in [1.165, 1.54) is 44.3 Å². The zero-order valence-corrected chi connectivity index (χ0v) is 11.7. The van der Waals surface area contributed by atoms with E-state index in [0.717, 1.165) is 17.6 Å². The lowest BCUT2D eigenvalue weighted by molar-refractivity contribution is 0.232. The van der Waals surface area contributed by atoms with E-state index in [1.54, 1.807) is 0 Å². The van der Waals surface area contributed by atoms with E-state index in [4.69, 9.17) is 5.73 Å². The third kappa shape index (κ3) is 4.34. The summed E-state index contributed by atoms with van der Waals surface area (Å²) in [5, 5.41) is 0. The molecular weight excluding hydrogens is 220 g/mol. The summed E-state index contributed by atoms with van der Waals surface area (Å²) < 4.78 is 0. The Labute approximate surface area is 111 Å². The van der Waals surface area contributed by atoms with Crippen molar-refractivity contribution in [2.24, 2.45) is 5.92 Å². The number of nitrogen functional groups attached to an aromatic ring is 1. The number of rotatable bonds is 7. The van der Waals surface area contributed by atoms with Crippen LogP contribution in [0.2, 0.25) is 0 Å². The molecule has 2 nitrogen and oxygen atoms in total. The van der Waals surface area contributed by atoms with Crippen LogP contribution >= 0.6 is 0 Å². The second kappa shape index (κ2) is 6.24. The van der Waals surface area contributed by atoms with Gasteiger partial charge in [0.15, 0.2) is 0 Å². The Kier molecular flexibility index (Phi) is 4.65. The quantitative estimate of drug-likeness (QED) is 0.748. The third-order valence-corrected chi connectivity index (χ3v) is 3.55. The minimum absolute atomic E-state index is 0.780. The lowest BCUT2D eigenvalue weighted by Gasteiger charge is -2.23. The van der Waals surface area contributed by atoms with Gasteiger partial charge in [0.1, 0.15) is 0 Å². The standard InChI is InChI=1S/C16H26N2/c1-13(2)12-18(16-9-10-16)11-3-4-14-5-7-15(17)8-6-14/h5-8,13,16H,3-4,9-12,17H2,1-2H3. The van der Waals surface area contributed by atoms with Crippen molar-refractivity contribution in [1.82, 2.24) is 4.90 Å².